The molecule has 0 unspecified atom stereocenters. The van der Waals surface area contributed by atoms with Crippen LogP contribution in [0.4, 0.5) is 0 Å². The van der Waals surface area contributed by atoms with E-state index in [-0.39, 0.29) is 6.04 Å². The van der Waals surface area contributed by atoms with Crippen molar-refractivity contribution < 1.29 is 0 Å². The molecule has 0 spiro atoms. The Hall–Kier alpha value is -0.910. The van der Waals surface area contributed by atoms with Crippen LogP contribution in [-0.4, -0.2) is 9.36 Å². The summed E-state index contributed by atoms with van der Waals surface area (Å²) in [5, 5.41) is 0. The first-order chi connectivity index (χ1) is 7.79. The van der Waals surface area contributed by atoms with Gasteiger partial charge in [-0.05, 0) is 35.6 Å². The van der Waals surface area contributed by atoms with Crippen LogP contribution in [-0.2, 0) is 0 Å². The quantitative estimate of drug-likeness (QED) is 0.907. The first-order valence-electron chi connectivity index (χ1n) is 5.09. The maximum Gasteiger partial charge on any atom is 0.174 e. The highest BCUT2D eigenvalue weighted by molar-refractivity contribution is 8.01. The fourth-order valence-electron chi connectivity index (χ4n) is 1.33. The molecule has 1 aromatic heterocycles. The highest BCUT2D eigenvalue weighted by Gasteiger charge is 2.04. The van der Waals surface area contributed by atoms with Crippen molar-refractivity contribution in [3.8, 4) is 0 Å². The van der Waals surface area contributed by atoms with Gasteiger partial charge in [0.25, 0.3) is 0 Å². The topological polar surface area (TPSA) is 51.8 Å². The lowest BCUT2D eigenvalue weighted by atomic mass is 10.1. The van der Waals surface area contributed by atoms with E-state index in [1.165, 1.54) is 22.0 Å². The molecule has 2 rings (SSSR count). The van der Waals surface area contributed by atoms with Crippen LogP contribution < -0.4 is 5.73 Å². The van der Waals surface area contributed by atoms with Crippen molar-refractivity contribution in [2.24, 2.45) is 5.73 Å². The Balaban J connectivity index is 2.07. The molecule has 84 valence electrons. The molecule has 5 heteroatoms. The van der Waals surface area contributed by atoms with Crippen LogP contribution in [0.2, 0.25) is 0 Å². The lowest BCUT2D eigenvalue weighted by molar-refractivity contribution is 0.698. The molecule has 0 fully saturated rings. The van der Waals surface area contributed by atoms with E-state index >= 15 is 0 Å². The number of nitrogens with zero attached hydrogens (tertiary/aromatic N) is 2. The fraction of sp³-hybridized carbons (Fsp3) is 0.273. The first kappa shape index (κ1) is 11.6. The highest BCUT2D eigenvalue weighted by atomic mass is 32.2. The molecule has 16 heavy (non-hydrogen) atoms. The van der Waals surface area contributed by atoms with Gasteiger partial charge in [-0.3, -0.25) is 0 Å². The normalized spacial score (nSPS) is 12.6. The Bertz CT molecular complexity index is 425. The fourth-order valence-corrected chi connectivity index (χ4v) is 2.75. The van der Waals surface area contributed by atoms with Crippen LogP contribution in [0, 0.1) is 0 Å². The average Bonchev–Trinajstić information content (AvgIpc) is 2.82. The van der Waals surface area contributed by atoms with Gasteiger partial charge in [-0.1, -0.05) is 30.8 Å². The molecule has 0 bridgehead atoms. The third-order valence-corrected chi connectivity index (χ3v) is 4.02. The molecule has 2 N–H and O–H groups in total. The number of nitrogens with two attached hydrogens (primary N) is 1. The second-order valence-electron chi connectivity index (χ2n) is 3.39. The smallest absolute Gasteiger partial charge is 0.174 e. The van der Waals surface area contributed by atoms with Crippen LogP contribution >= 0.6 is 23.3 Å². The Morgan fingerprint density at radius 3 is 2.69 bits per heavy atom. The molecule has 3 nitrogen and oxygen atoms in total. The minimum absolute atomic E-state index is 0.139. The lowest BCUT2D eigenvalue weighted by Gasteiger charge is -2.09. The summed E-state index contributed by atoms with van der Waals surface area (Å²) in [5.41, 5.74) is 7.14. The summed E-state index contributed by atoms with van der Waals surface area (Å²) in [6, 6.07) is 8.46. The molecule has 0 saturated heterocycles. The summed E-state index contributed by atoms with van der Waals surface area (Å²) in [6.45, 7) is 2.09. The van der Waals surface area contributed by atoms with Gasteiger partial charge in [0, 0.05) is 10.9 Å². The van der Waals surface area contributed by atoms with E-state index in [9.17, 15) is 0 Å². The minimum atomic E-state index is 0.139. The molecule has 0 amide bonds. The van der Waals surface area contributed by atoms with Gasteiger partial charge in [0.1, 0.15) is 6.33 Å². The van der Waals surface area contributed by atoms with Crippen molar-refractivity contribution in [1.29, 1.82) is 0 Å². The standard InChI is InChI=1S/C11H13N3S2/c1-2-10(12)8-3-5-9(6-4-8)15-11-13-7-14-16-11/h3-7,10H,2,12H2,1H3/t10-/m1/s1. The molecule has 0 aliphatic carbocycles. The average molecular weight is 251 g/mol. The predicted octanol–water partition coefficient (Wildman–Crippen LogP) is 3.10. The van der Waals surface area contributed by atoms with E-state index < -0.39 is 0 Å². The summed E-state index contributed by atoms with van der Waals surface area (Å²) in [6.07, 6.45) is 2.54. The SMILES string of the molecule is CC[C@@H](N)c1ccc(Sc2ncns2)cc1. The maximum atomic E-state index is 5.95. The molecule has 1 aromatic carbocycles. The first-order valence-corrected chi connectivity index (χ1v) is 6.68. The van der Waals surface area contributed by atoms with Gasteiger partial charge in [0.05, 0.1) is 0 Å². The predicted molar refractivity (Wildman–Crippen MR) is 67.7 cm³/mol. The van der Waals surface area contributed by atoms with Gasteiger partial charge in [0.2, 0.25) is 0 Å². The largest absolute Gasteiger partial charge is 0.324 e. The van der Waals surface area contributed by atoms with E-state index in [0.29, 0.717) is 0 Å². The summed E-state index contributed by atoms with van der Waals surface area (Å²) < 4.78 is 4.93. The van der Waals surface area contributed by atoms with Crippen molar-refractivity contribution in [2.45, 2.75) is 28.6 Å². The van der Waals surface area contributed by atoms with Crippen LogP contribution in [0.3, 0.4) is 0 Å². The van der Waals surface area contributed by atoms with Crippen LogP contribution in [0.25, 0.3) is 0 Å². The Kier molecular flexibility index (Phi) is 3.93. The molecule has 0 aliphatic rings. The van der Waals surface area contributed by atoms with E-state index in [0.717, 1.165) is 10.8 Å². The molecule has 2 aromatic rings. The summed E-state index contributed by atoms with van der Waals surface area (Å²) in [5.74, 6) is 0. The van der Waals surface area contributed by atoms with Gasteiger partial charge in [-0.25, -0.2) is 4.98 Å². The number of rotatable bonds is 4. The lowest BCUT2D eigenvalue weighted by Crippen LogP contribution is -2.07. The van der Waals surface area contributed by atoms with Crippen LogP contribution in [0.1, 0.15) is 24.9 Å². The highest BCUT2D eigenvalue weighted by Crippen LogP contribution is 2.28. The third kappa shape index (κ3) is 2.81. The van der Waals surface area contributed by atoms with Gasteiger partial charge < -0.3 is 5.73 Å². The number of hydrogen-bond acceptors (Lipinski definition) is 5. The molecule has 1 atom stereocenters. The second kappa shape index (κ2) is 5.43. The van der Waals surface area contributed by atoms with Crippen LogP contribution in [0.5, 0.6) is 0 Å². The second-order valence-corrected chi connectivity index (χ2v) is 5.49. The molecular formula is C11H13N3S2. The number of hydrogen-bond donors (Lipinski definition) is 1. The van der Waals surface area contributed by atoms with Crippen molar-refractivity contribution in [2.75, 3.05) is 0 Å². The van der Waals surface area contributed by atoms with Crippen LogP contribution in [0.15, 0.2) is 39.8 Å². The minimum Gasteiger partial charge on any atom is -0.324 e. The van der Waals surface area contributed by atoms with Crippen molar-refractivity contribution in [1.82, 2.24) is 9.36 Å². The molecule has 1 heterocycles. The summed E-state index contributed by atoms with van der Waals surface area (Å²) >= 11 is 3.04. The maximum absolute atomic E-state index is 5.95. The Morgan fingerprint density at radius 1 is 1.38 bits per heavy atom. The molecular weight excluding hydrogens is 238 g/mol. The van der Waals surface area contributed by atoms with E-state index in [4.69, 9.17) is 5.73 Å². The van der Waals surface area contributed by atoms with Crippen molar-refractivity contribution >= 4 is 23.3 Å². The summed E-state index contributed by atoms with van der Waals surface area (Å²) in [7, 11) is 0. The number of aromatic nitrogens is 2. The number of benzene rings is 1. The van der Waals surface area contributed by atoms with E-state index in [1.54, 1.807) is 18.1 Å². The van der Waals surface area contributed by atoms with Gasteiger partial charge in [0.15, 0.2) is 4.34 Å². The Morgan fingerprint density at radius 2 is 2.12 bits per heavy atom. The van der Waals surface area contributed by atoms with Crippen molar-refractivity contribution in [3.63, 3.8) is 0 Å². The van der Waals surface area contributed by atoms with Gasteiger partial charge >= 0.3 is 0 Å². The molecule has 0 radical (unpaired) electrons. The molecule has 0 saturated carbocycles. The van der Waals surface area contributed by atoms with Crippen molar-refractivity contribution in [3.05, 3.63) is 36.2 Å². The zero-order valence-corrected chi connectivity index (χ0v) is 10.6. The van der Waals surface area contributed by atoms with E-state index in [1.807, 2.05) is 0 Å². The Labute approximate surface area is 103 Å². The van der Waals surface area contributed by atoms with E-state index in [2.05, 4.69) is 40.5 Å². The molecule has 0 aliphatic heterocycles. The summed E-state index contributed by atoms with van der Waals surface area (Å²) in [4.78, 5) is 5.30. The zero-order chi connectivity index (χ0) is 11.4. The van der Waals surface area contributed by atoms with Gasteiger partial charge in [-0.15, -0.1) is 0 Å². The third-order valence-electron chi connectivity index (χ3n) is 2.29. The van der Waals surface area contributed by atoms with Gasteiger partial charge in [-0.2, -0.15) is 4.37 Å². The zero-order valence-electron chi connectivity index (χ0n) is 8.96. The monoisotopic (exact) mass is 251 g/mol.